The predicted octanol–water partition coefficient (Wildman–Crippen LogP) is 9.42. The molecule has 0 fully saturated rings. The second-order valence-corrected chi connectivity index (χ2v) is 9.28. The first-order valence-corrected chi connectivity index (χ1v) is 13.3. The summed E-state index contributed by atoms with van der Waals surface area (Å²) in [6.07, 6.45) is 3.56. The molecule has 3 aromatic heterocycles. The number of ether oxygens (including phenoxy) is 1. The van der Waals surface area contributed by atoms with Gasteiger partial charge in [0.25, 0.3) is 0 Å². The van der Waals surface area contributed by atoms with Gasteiger partial charge in [0.05, 0.1) is 11.3 Å². The van der Waals surface area contributed by atoms with Crippen molar-refractivity contribution in [3.8, 4) is 34.0 Å². The predicted molar refractivity (Wildman–Crippen MR) is 162 cm³/mol. The van der Waals surface area contributed by atoms with Gasteiger partial charge >= 0.3 is 0 Å². The summed E-state index contributed by atoms with van der Waals surface area (Å²) >= 11 is 0. The van der Waals surface area contributed by atoms with Gasteiger partial charge in [-0.25, -0.2) is 0 Å². The van der Waals surface area contributed by atoms with Crippen LogP contribution < -0.4 is 9.64 Å². The van der Waals surface area contributed by atoms with Crippen molar-refractivity contribution < 1.29 is 29.3 Å². The van der Waals surface area contributed by atoms with Crippen LogP contribution in [-0.4, -0.2) is 9.97 Å². The van der Waals surface area contributed by atoms with Gasteiger partial charge in [0.2, 0.25) is 5.88 Å². The number of fused-ring (bicyclic) bond motifs is 4. The molecule has 1 radical (unpaired) electrons. The largest absolute Gasteiger partial charge is 0.484 e. The number of pyridine rings is 2. The molecule has 0 spiro atoms. The number of rotatable bonds is 3. The Kier molecular flexibility index (Phi) is 7.91. The molecule has 0 atom stereocenters. The molecule has 0 amide bonds. The van der Waals surface area contributed by atoms with Gasteiger partial charge in [-0.15, -0.1) is 54.1 Å². The molecule has 0 bridgehead atoms. The van der Waals surface area contributed by atoms with E-state index in [4.69, 9.17) is 9.15 Å². The first-order valence-electron chi connectivity index (χ1n) is 13.3. The van der Waals surface area contributed by atoms with Crippen LogP contribution in [0.1, 0.15) is 0 Å². The summed E-state index contributed by atoms with van der Waals surface area (Å²) in [6, 6.07) is 47.9. The number of anilines is 3. The van der Waals surface area contributed by atoms with E-state index in [0.29, 0.717) is 17.2 Å². The fourth-order valence-electron chi connectivity index (χ4n) is 4.83. The smallest absolute Gasteiger partial charge is 0.238 e. The van der Waals surface area contributed by atoms with Crippen LogP contribution in [0.2, 0.25) is 0 Å². The molecule has 6 heteroatoms. The molecule has 8 rings (SSSR count). The third kappa shape index (κ3) is 5.21. The number of benzene rings is 4. The molecule has 0 saturated carbocycles. The molecule has 1 aliphatic heterocycles. The van der Waals surface area contributed by atoms with Crippen molar-refractivity contribution >= 4 is 28.2 Å². The second kappa shape index (κ2) is 12.2. The molecule has 0 saturated heterocycles. The Bertz CT molecular complexity index is 1870. The summed E-state index contributed by atoms with van der Waals surface area (Å²) in [5.74, 6) is 2.15. The van der Waals surface area contributed by atoms with Gasteiger partial charge in [0, 0.05) is 38.2 Å². The Labute approximate surface area is 257 Å². The zero-order valence-electron chi connectivity index (χ0n) is 22.3. The maximum Gasteiger partial charge on any atom is 0.238 e. The number of para-hydroxylation sites is 3. The Morgan fingerprint density at radius 2 is 1.33 bits per heavy atom. The minimum absolute atomic E-state index is 0. The molecule has 1 aliphatic rings. The van der Waals surface area contributed by atoms with Gasteiger partial charge in [-0.3, -0.25) is 4.90 Å². The third-order valence-electron chi connectivity index (χ3n) is 6.69. The summed E-state index contributed by atoms with van der Waals surface area (Å²) in [6.45, 7) is 0. The van der Waals surface area contributed by atoms with Crippen LogP contribution in [-0.2, 0) is 20.1 Å². The van der Waals surface area contributed by atoms with Crippen molar-refractivity contribution in [1.29, 1.82) is 0 Å². The van der Waals surface area contributed by atoms with Gasteiger partial charge in [-0.05, 0) is 53.2 Å². The second-order valence-electron chi connectivity index (χ2n) is 9.28. The Morgan fingerprint density at radius 1 is 0.619 bits per heavy atom. The van der Waals surface area contributed by atoms with E-state index in [1.54, 1.807) is 12.4 Å². The number of hydrogen-bond acceptors (Lipinski definition) is 5. The zero-order valence-corrected chi connectivity index (χ0v) is 24.7. The molecule has 0 N–H and O–H groups in total. The molecule has 4 aromatic carbocycles. The van der Waals surface area contributed by atoms with E-state index >= 15 is 0 Å². The fraction of sp³-hybridized carbons (Fsp3) is 0. The quantitative estimate of drug-likeness (QED) is 0.170. The average molecular weight is 722 g/mol. The number of furan rings is 1. The third-order valence-corrected chi connectivity index (χ3v) is 6.69. The summed E-state index contributed by atoms with van der Waals surface area (Å²) in [5.41, 5.74) is 6.30. The van der Waals surface area contributed by atoms with Gasteiger partial charge in [-0.2, -0.15) is 0 Å². The Balaban J connectivity index is 0.000000205. The average Bonchev–Trinajstić information content (AvgIpc) is 3.44. The molecule has 7 aromatic rings. The van der Waals surface area contributed by atoms with E-state index < -0.39 is 0 Å². The minimum atomic E-state index is 0. The van der Waals surface area contributed by atoms with Crippen molar-refractivity contribution in [3.63, 3.8) is 0 Å². The van der Waals surface area contributed by atoms with E-state index in [-0.39, 0.29) is 20.1 Å². The minimum Gasteiger partial charge on any atom is -0.484 e. The van der Waals surface area contributed by atoms with E-state index in [2.05, 4.69) is 39.1 Å². The van der Waals surface area contributed by atoms with E-state index in [9.17, 15) is 0 Å². The number of nitrogens with zero attached hydrogens (tertiary/aromatic N) is 3. The standard InChI is InChI=1S/C25H15N2O2.C11H8N.Ir/c1-2-9-17(10-3-1)27-21-14-4-5-15-22(21)28-24-19-12-8-11-18(23(19)29-25(24)27)20-13-6-7-16-26-20;1-2-6-10(7-3-1)11-8-4-5-9-12-11;/h1-10,12-16H;1-6,8-9H;/q2*-1;. The molecular formula is C36H23IrN3O2-2. The zero-order chi connectivity index (χ0) is 27.4. The van der Waals surface area contributed by atoms with Crippen LogP contribution in [0.5, 0.6) is 11.5 Å². The van der Waals surface area contributed by atoms with Crippen LogP contribution in [0.3, 0.4) is 0 Å². The van der Waals surface area contributed by atoms with Gasteiger partial charge < -0.3 is 19.1 Å². The SMILES string of the molecule is [Ir].[c-]1ccc2c3c(oc2c1-c1ccccn1)N(c1ccccc1)c1ccccc1O3.[c-]1ccccc1-c1ccccn1. The molecule has 205 valence electrons. The van der Waals surface area contributed by atoms with Crippen LogP contribution in [0.4, 0.5) is 17.3 Å². The van der Waals surface area contributed by atoms with Gasteiger partial charge in [0.1, 0.15) is 0 Å². The first kappa shape index (κ1) is 27.2. The Morgan fingerprint density at radius 3 is 2.07 bits per heavy atom. The molecular weight excluding hydrogens is 699 g/mol. The van der Waals surface area contributed by atoms with Gasteiger partial charge in [-0.1, -0.05) is 60.2 Å². The summed E-state index contributed by atoms with van der Waals surface area (Å²) in [5, 5.41) is 0.898. The van der Waals surface area contributed by atoms with Crippen LogP contribution in [0, 0.1) is 12.1 Å². The van der Waals surface area contributed by atoms with Crippen LogP contribution >= 0.6 is 0 Å². The van der Waals surface area contributed by atoms with Crippen molar-refractivity contribution in [3.05, 3.63) is 152 Å². The molecule has 0 unspecified atom stereocenters. The van der Waals surface area contributed by atoms with Crippen molar-refractivity contribution in [2.75, 3.05) is 4.90 Å². The summed E-state index contributed by atoms with van der Waals surface area (Å²) < 4.78 is 12.7. The van der Waals surface area contributed by atoms with Crippen molar-refractivity contribution in [1.82, 2.24) is 9.97 Å². The normalized spacial score (nSPS) is 11.3. The number of aromatic nitrogens is 2. The first-order chi connectivity index (χ1) is 20.4. The number of hydrogen-bond donors (Lipinski definition) is 0. The summed E-state index contributed by atoms with van der Waals surface area (Å²) in [7, 11) is 0. The van der Waals surface area contributed by atoms with Crippen molar-refractivity contribution in [2.24, 2.45) is 0 Å². The topological polar surface area (TPSA) is 51.4 Å². The van der Waals surface area contributed by atoms with E-state index in [1.165, 1.54) is 0 Å². The maximum atomic E-state index is 6.43. The fourth-order valence-corrected chi connectivity index (χ4v) is 4.83. The summed E-state index contributed by atoms with van der Waals surface area (Å²) in [4.78, 5) is 10.8. The Hall–Kier alpha value is -5.03. The molecule has 5 nitrogen and oxygen atoms in total. The van der Waals surface area contributed by atoms with E-state index in [1.807, 2.05) is 115 Å². The van der Waals surface area contributed by atoms with Crippen LogP contribution in [0.15, 0.2) is 144 Å². The van der Waals surface area contributed by atoms with Crippen molar-refractivity contribution in [2.45, 2.75) is 0 Å². The molecule has 42 heavy (non-hydrogen) atoms. The van der Waals surface area contributed by atoms with Gasteiger partial charge in [0.15, 0.2) is 11.5 Å². The van der Waals surface area contributed by atoms with E-state index in [0.717, 1.165) is 45.0 Å². The van der Waals surface area contributed by atoms with Crippen LogP contribution in [0.25, 0.3) is 33.5 Å². The monoisotopic (exact) mass is 722 g/mol. The molecule has 0 aliphatic carbocycles. The molecule has 4 heterocycles. The maximum absolute atomic E-state index is 6.43.